The molecule has 7 nitrogen and oxygen atoms in total. The van der Waals surface area contributed by atoms with E-state index in [-0.39, 0.29) is 23.0 Å². The van der Waals surface area contributed by atoms with Crippen LogP contribution in [-0.2, 0) is 22.9 Å². The molecule has 48 heavy (non-hydrogen) atoms. The van der Waals surface area contributed by atoms with Gasteiger partial charge in [0, 0.05) is 41.0 Å². The fourth-order valence-corrected chi connectivity index (χ4v) is 7.66. The van der Waals surface area contributed by atoms with Gasteiger partial charge in [-0.2, -0.15) is 0 Å². The average Bonchev–Trinajstić information content (AvgIpc) is 3.37. The third-order valence-corrected chi connectivity index (χ3v) is 10.3. The van der Waals surface area contributed by atoms with Crippen LogP contribution < -0.4 is 9.46 Å². The first kappa shape index (κ1) is 33.0. The zero-order chi connectivity index (χ0) is 33.7. The summed E-state index contributed by atoms with van der Waals surface area (Å²) in [6.07, 6.45) is 0.900. The van der Waals surface area contributed by atoms with E-state index < -0.39 is 16.0 Å². The minimum absolute atomic E-state index is 0.168. The summed E-state index contributed by atoms with van der Waals surface area (Å²) in [6.45, 7) is 2.26. The Morgan fingerprint density at radius 1 is 0.833 bits per heavy atom. The molecule has 9 heteroatoms. The van der Waals surface area contributed by atoms with Crippen molar-refractivity contribution >= 4 is 38.5 Å². The van der Waals surface area contributed by atoms with Gasteiger partial charge in [0.2, 0.25) is 10.0 Å². The second-order valence-electron chi connectivity index (χ2n) is 11.5. The minimum Gasteiger partial charge on any atom is -0.493 e. The number of carboxylic acids is 1. The summed E-state index contributed by atoms with van der Waals surface area (Å²) in [6, 6.07) is 39.4. The molecule has 0 fully saturated rings. The third kappa shape index (κ3) is 7.16. The molecule has 6 rings (SSSR count). The molecule has 0 aliphatic rings. The molecule has 2 N–H and O–H groups in total. The summed E-state index contributed by atoms with van der Waals surface area (Å²) < 4.78 is 38.1. The number of carboxylic acid groups (broad SMARTS) is 1. The van der Waals surface area contributed by atoms with Gasteiger partial charge >= 0.3 is 5.97 Å². The Morgan fingerprint density at radius 2 is 1.46 bits per heavy atom. The molecule has 1 aromatic heterocycles. The molecular formula is C39H35ClN2O5S. The molecule has 0 bridgehead atoms. The van der Waals surface area contributed by atoms with Crippen molar-refractivity contribution in [2.75, 3.05) is 13.2 Å². The molecule has 1 heterocycles. The quantitative estimate of drug-likeness (QED) is 0.129. The van der Waals surface area contributed by atoms with Crippen LogP contribution in [-0.4, -0.2) is 37.2 Å². The van der Waals surface area contributed by atoms with Crippen molar-refractivity contribution in [3.63, 3.8) is 0 Å². The summed E-state index contributed by atoms with van der Waals surface area (Å²) in [7, 11) is -3.76. The number of aromatic carboxylic acids is 1. The lowest BCUT2D eigenvalue weighted by Crippen LogP contribution is -2.28. The highest BCUT2D eigenvalue weighted by Crippen LogP contribution is 2.38. The van der Waals surface area contributed by atoms with Crippen LogP contribution in [0.5, 0.6) is 5.75 Å². The smallest absolute Gasteiger partial charge is 0.335 e. The number of fused-ring (bicyclic) bond motifs is 1. The first-order chi connectivity index (χ1) is 23.2. The van der Waals surface area contributed by atoms with Gasteiger partial charge in [0.15, 0.2) is 0 Å². The minimum atomic E-state index is -3.76. The zero-order valence-corrected chi connectivity index (χ0v) is 27.9. The Kier molecular flexibility index (Phi) is 9.96. The van der Waals surface area contributed by atoms with Crippen molar-refractivity contribution in [2.45, 2.75) is 30.7 Å². The number of nitrogens with one attached hydrogen (secondary N) is 1. The van der Waals surface area contributed by atoms with Gasteiger partial charge in [-0.1, -0.05) is 90.5 Å². The van der Waals surface area contributed by atoms with Gasteiger partial charge in [0.05, 0.1) is 23.1 Å². The fraction of sp³-hybridized carbons (Fsp3) is 0.154. The van der Waals surface area contributed by atoms with Gasteiger partial charge in [0.25, 0.3) is 0 Å². The molecule has 0 radical (unpaired) electrons. The van der Waals surface area contributed by atoms with E-state index in [1.165, 1.54) is 12.1 Å². The first-order valence-electron chi connectivity index (χ1n) is 15.7. The van der Waals surface area contributed by atoms with Crippen LogP contribution >= 0.6 is 11.6 Å². The Balaban J connectivity index is 1.44. The van der Waals surface area contributed by atoms with E-state index in [0.29, 0.717) is 35.8 Å². The van der Waals surface area contributed by atoms with Crippen molar-refractivity contribution in [3.05, 3.63) is 166 Å². The summed E-state index contributed by atoms with van der Waals surface area (Å²) in [5, 5.41) is 10.8. The maximum absolute atomic E-state index is 13.4. The Labute approximate surface area is 285 Å². The van der Waals surface area contributed by atoms with E-state index in [1.54, 1.807) is 37.3 Å². The first-order valence-corrected chi connectivity index (χ1v) is 17.5. The SMILES string of the molecule is Cc1ccccc1S(=O)(=O)NCCc1c(CCOc2ccc(C(=O)O)cc2)c2cc(Cl)ccc2n1C(c1ccccc1)c1ccccc1. The van der Waals surface area contributed by atoms with Crippen LogP contribution in [0, 0.1) is 6.92 Å². The van der Waals surface area contributed by atoms with Crippen molar-refractivity contribution in [1.29, 1.82) is 0 Å². The maximum Gasteiger partial charge on any atom is 0.335 e. The molecule has 0 saturated heterocycles. The number of nitrogens with zero attached hydrogens (tertiary/aromatic N) is 1. The molecule has 6 aromatic rings. The lowest BCUT2D eigenvalue weighted by Gasteiger charge is -2.25. The van der Waals surface area contributed by atoms with Crippen LogP contribution in [0.25, 0.3) is 10.9 Å². The number of ether oxygens (including phenoxy) is 1. The molecule has 0 atom stereocenters. The lowest BCUT2D eigenvalue weighted by molar-refractivity contribution is 0.0697. The lowest BCUT2D eigenvalue weighted by atomic mass is 9.97. The maximum atomic E-state index is 13.4. The van der Waals surface area contributed by atoms with Crippen molar-refractivity contribution in [1.82, 2.24) is 9.29 Å². The number of carbonyl (C=O) groups is 1. The number of hydrogen-bond donors (Lipinski definition) is 2. The van der Waals surface area contributed by atoms with Crippen LogP contribution in [0.4, 0.5) is 0 Å². The number of halogens is 1. The number of hydrogen-bond acceptors (Lipinski definition) is 4. The van der Waals surface area contributed by atoms with Crippen molar-refractivity contribution in [3.8, 4) is 5.75 Å². The molecule has 0 aliphatic carbocycles. The molecule has 5 aromatic carbocycles. The molecule has 0 spiro atoms. The number of benzene rings is 5. The second-order valence-corrected chi connectivity index (χ2v) is 13.7. The monoisotopic (exact) mass is 678 g/mol. The number of sulfonamides is 1. The fourth-order valence-electron chi connectivity index (χ4n) is 6.22. The Hall–Kier alpha value is -4.89. The van der Waals surface area contributed by atoms with Gasteiger partial charge in [-0.25, -0.2) is 17.9 Å². The summed E-state index contributed by atoms with van der Waals surface area (Å²) in [4.78, 5) is 11.6. The van der Waals surface area contributed by atoms with Crippen LogP contribution in [0.15, 0.2) is 132 Å². The van der Waals surface area contributed by atoms with Gasteiger partial charge in [-0.3, -0.25) is 0 Å². The summed E-state index contributed by atoms with van der Waals surface area (Å²) >= 11 is 6.60. The molecule has 0 amide bonds. The van der Waals surface area contributed by atoms with E-state index in [0.717, 1.165) is 33.3 Å². The van der Waals surface area contributed by atoms with Crippen molar-refractivity contribution < 1.29 is 23.1 Å². The van der Waals surface area contributed by atoms with Gasteiger partial charge in [-0.05, 0) is 77.7 Å². The van der Waals surface area contributed by atoms with Crippen LogP contribution in [0.3, 0.4) is 0 Å². The predicted octanol–water partition coefficient (Wildman–Crippen LogP) is 8.08. The standard InChI is InChI=1S/C39H35ClN2O5S/c1-27-10-8-9-15-37(27)48(45,46)41-24-22-36-33(23-25-47-32-19-16-30(17-20-32)39(43)44)34-26-31(40)18-21-35(34)42(36)38(28-11-4-2-5-12-28)29-13-6-3-7-14-29/h2-21,26,38,41H,22-25H2,1H3,(H,43,44). The molecule has 0 saturated carbocycles. The third-order valence-electron chi connectivity index (χ3n) is 8.43. The number of rotatable bonds is 13. The molecular weight excluding hydrogens is 644 g/mol. The molecule has 0 aliphatic heterocycles. The van der Waals surface area contributed by atoms with E-state index in [9.17, 15) is 18.3 Å². The van der Waals surface area contributed by atoms with E-state index in [4.69, 9.17) is 16.3 Å². The molecule has 0 unspecified atom stereocenters. The Morgan fingerprint density at radius 3 is 2.08 bits per heavy atom. The van der Waals surface area contributed by atoms with Gasteiger partial charge < -0.3 is 14.4 Å². The zero-order valence-electron chi connectivity index (χ0n) is 26.3. The number of aromatic nitrogens is 1. The normalized spacial score (nSPS) is 11.6. The number of aryl methyl sites for hydroxylation is 1. The highest BCUT2D eigenvalue weighted by atomic mass is 35.5. The highest BCUT2D eigenvalue weighted by Gasteiger charge is 2.26. The van der Waals surface area contributed by atoms with E-state index in [2.05, 4.69) is 33.6 Å². The van der Waals surface area contributed by atoms with Gasteiger partial charge in [-0.15, -0.1) is 0 Å². The summed E-state index contributed by atoms with van der Waals surface area (Å²) in [5.74, 6) is -0.443. The average molecular weight is 679 g/mol. The summed E-state index contributed by atoms with van der Waals surface area (Å²) in [5.41, 5.74) is 5.95. The predicted molar refractivity (Wildman–Crippen MR) is 190 cm³/mol. The van der Waals surface area contributed by atoms with Crippen molar-refractivity contribution in [2.24, 2.45) is 0 Å². The topological polar surface area (TPSA) is 97.6 Å². The second kappa shape index (κ2) is 14.5. The highest BCUT2D eigenvalue weighted by molar-refractivity contribution is 7.89. The largest absolute Gasteiger partial charge is 0.493 e. The van der Waals surface area contributed by atoms with Crippen LogP contribution in [0.1, 0.15) is 44.3 Å². The van der Waals surface area contributed by atoms with Crippen LogP contribution in [0.2, 0.25) is 5.02 Å². The van der Waals surface area contributed by atoms with E-state index >= 15 is 0 Å². The van der Waals surface area contributed by atoms with Gasteiger partial charge in [0.1, 0.15) is 5.75 Å². The Bertz CT molecular complexity index is 2110. The molecule has 244 valence electrons. The van der Waals surface area contributed by atoms with E-state index in [1.807, 2.05) is 60.7 Å².